The number of anilines is 1. The van der Waals surface area contributed by atoms with Crippen LogP contribution in [0.15, 0.2) is 93.2 Å². The van der Waals surface area contributed by atoms with Crippen molar-refractivity contribution in [1.82, 2.24) is 0 Å². The Morgan fingerprint density at radius 3 is 2.45 bits per heavy atom. The third-order valence-corrected chi connectivity index (χ3v) is 7.01. The summed E-state index contributed by atoms with van der Waals surface area (Å²) in [6.45, 7) is 0. The predicted molar refractivity (Wildman–Crippen MR) is 119 cm³/mol. The molecule has 0 spiro atoms. The molecule has 0 N–H and O–H groups in total. The van der Waals surface area contributed by atoms with Gasteiger partial charge in [0.15, 0.2) is 0 Å². The number of methoxy groups -OCH3 is 1. The molecule has 0 atom stereocenters. The first-order valence-corrected chi connectivity index (χ1v) is 11.0. The molecule has 6 nitrogen and oxygen atoms in total. The first kappa shape index (κ1) is 19.1. The summed E-state index contributed by atoms with van der Waals surface area (Å²) < 4.78 is 39.3. The summed E-state index contributed by atoms with van der Waals surface area (Å²) in [6.07, 6.45) is 3.00. The third kappa shape index (κ3) is 3.02. The Kier molecular flexibility index (Phi) is 4.41. The number of hydrogen-bond acceptors (Lipinski definition) is 5. The molecule has 1 aliphatic heterocycles. The highest BCUT2D eigenvalue weighted by atomic mass is 32.2. The van der Waals surface area contributed by atoms with Crippen molar-refractivity contribution in [1.29, 1.82) is 0 Å². The van der Waals surface area contributed by atoms with Crippen LogP contribution in [0.4, 0.5) is 5.69 Å². The first-order valence-electron chi connectivity index (χ1n) is 9.52. The van der Waals surface area contributed by atoms with Crippen molar-refractivity contribution in [2.45, 2.75) is 4.90 Å². The summed E-state index contributed by atoms with van der Waals surface area (Å²) in [5.41, 5.74) is 1.36. The van der Waals surface area contributed by atoms with E-state index in [-0.39, 0.29) is 21.6 Å². The zero-order chi connectivity index (χ0) is 21.6. The van der Waals surface area contributed by atoms with Crippen LogP contribution < -0.4 is 14.5 Å². The van der Waals surface area contributed by atoms with Crippen LogP contribution in [0.25, 0.3) is 22.7 Å². The molecule has 0 saturated carbocycles. The van der Waals surface area contributed by atoms with Crippen LogP contribution >= 0.6 is 0 Å². The van der Waals surface area contributed by atoms with Gasteiger partial charge in [-0.15, -0.1) is 0 Å². The Bertz CT molecular complexity index is 1500. The normalized spacial score (nSPS) is 14.7. The minimum Gasteiger partial charge on any atom is -0.497 e. The number of fused-ring (bicyclic) bond motifs is 2. The van der Waals surface area contributed by atoms with Crippen molar-refractivity contribution in [3.8, 4) is 5.75 Å². The molecule has 154 valence electrons. The molecule has 0 amide bonds. The summed E-state index contributed by atoms with van der Waals surface area (Å²) in [6, 6.07) is 20.3. The zero-order valence-corrected chi connectivity index (χ0v) is 17.3. The topological polar surface area (TPSA) is 76.8 Å². The van der Waals surface area contributed by atoms with Gasteiger partial charge in [0, 0.05) is 6.07 Å². The SMILES string of the molecule is COc1ccc2c(=O)c(C3=Cc4ccccc4S(=O)(=O)N3c3ccccc3)coc2c1. The molecule has 31 heavy (non-hydrogen) atoms. The fourth-order valence-corrected chi connectivity index (χ4v) is 5.39. The Hall–Kier alpha value is -3.84. The van der Waals surface area contributed by atoms with E-state index in [0.717, 1.165) is 0 Å². The third-order valence-electron chi connectivity index (χ3n) is 5.20. The first-order chi connectivity index (χ1) is 15.0. The Labute approximate surface area is 178 Å². The van der Waals surface area contributed by atoms with Crippen LogP contribution in [0, 0.1) is 0 Å². The molecule has 0 fully saturated rings. The number of rotatable bonds is 3. The molecule has 1 aromatic heterocycles. The minimum atomic E-state index is -3.95. The average molecular weight is 431 g/mol. The lowest BCUT2D eigenvalue weighted by Crippen LogP contribution is -2.34. The highest BCUT2D eigenvalue weighted by Gasteiger charge is 2.35. The maximum atomic E-state index is 13.6. The zero-order valence-electron chi connectivity index (χ0n) is 16.5. The van der Waals surface area contributed by atoms with Crippen LogP contribution in [0.3, 0.4) is 0 Å². The molecule has 0 bridgehead atoms. The number of ether oxygens (including phenoxy) is 1. The van der Waals surface area contributed by atoms with E-state index in [0.29, 0.717) is 28.0 Å². The molecule has 0 unspecified atom stereocenters. The van der Waals surface area contributed by atoms with Crippen LogP contribution in [-0.2, 0) is 10.0 Å². The molecule has 4 aromatic rings. The summed E-state index contributed by atoms with van der Waals surface area (Å²) in [4.78, 5) is 13.5. The minimum absolute atomic E-state index is 0.152. The van der Waals surface area contributed by atoms with E-state index in [1.165, 1.54) is 17.7 Å². The second kappa shape index (κ2) is 7.14. The van der Waals surface area contributed by atoms with Gasteiger partial charge >= 0.3 is 0 Å². The Morgan fingerprint density at radius 1 is 0.935 bits per heavy atom. The lowest BCUT2D eigenvalue weighted by atomic mass is 10.1. The molecule has 2 heterocycles. The van der Waals surface area contributed by atoms with Crippen LogP contribution in [0.1, 0.15) is 11.1 Å². The number of hydrogen-bond donors (Lipinski definition) is 0. The van der Waals surface area contributed by atoms with Gasteiger partial charge in [0.05, 0.1) is 34.3 Å². The van der Waals surface area contributed by atoms with Crippen molar-refractivity contribution in [3.05, 3.63) is 100 Å². The second-order valence-electron chi connectivity index (χ2n) is 7.01. The van der Waals surface area contributed by atoms with E-state index in [1.54, 1.807) is 78.9 Å². The van der Waals surface area contributed by atoms with Crippen molar-refractivity contribution in [2.75, 3.05) is 11.4 Å². The van der Waals surface area contributed by atoms with Gasteiger partial charge in [0.25, 0.3) is 10.0 Å². The molecule has 1 aliphatic rings. The van der Waals surface area contributed by atoms with Crippen LogP contribution in [0.5, 0.6) is 5.75 Å². The smallest absolute Gasteiger partial charge is 0.269 e. The van der Waals surface area contributed by atoms with Gasteiger partial charge in [0.1, 0.15) is 17.6 Å². The lowest BCUT2D eigenvalue weighted by Gasteiger charge is -2.31. The molecule has 0 aliphatic carbocycles. The standard InChI is InChI=1S/C24H17NO5S/c1-29-18-11-12-19-22(14-18)30-15-20(24(19)26)21-13-16-7-5-6-10-23(16)31(27,28)25(21)17-8-3-2-4-9-17/h2-15H,1H3. The van der Waals surface area contributed by atoms with Gasteiger partial charge in [-0.05, 0) is 42.0 Å². The van der Waals surface area contributed by atoms with E-state index in [4.69, 9.17) is 9.15 Å². The van der Waals surface area contributed by atoms with Crippen molar-refractivity contribution in [2.24, 2.45) is 0 Å². The molecule has 3 aromatic carbocycles. The molecule has 0 saturated heterocycles. The largest absolute Gasteiger partial charge is 0.497 e. The maximum absolute atomic E-state index is 13.6. The van der Waals surface area contributed by atoms with Crippen LogP contribution in [0.2, 0.25) is 0 Å². The van der Waals surface area contributed by atoms with Gasteiger partial charge in [-0.25, -0.2) is 12.7 Å². The van der Waals surface area contributed by atoms with Gasteiger partial charge in [-0.3, -0.25) is 4.79 Å². The summed E-state index contributed by atoms with van der Waals surface area (Å²) in [7, 11) is -2.42. The molecule has 5 rings (SSSR count). The van der Waals surface area contributed by atoms with Gasteiger partial charge in [-0.1, -0.05) is 36.4 Å². The number of benzene rings is 3. The van der Waals surface area contributed by atoms with Crippen molar-refractivity contribution >= 4 is 38.5 Å². The fraction of sp³-hybridized carbons (Fsp3) is 0.0417. The maximum Gasteiger partial charge on any atom is 0.269 e. The Balaban J connectivity index is 1.81. The molecule has 7 heteroatoms. The molecular weight excluding hydrogens is 414 g/mol. The van der Waals surface area contributed by atoms with E-state index in [9.17, 15) is 13.2 Å². The molecular formula is C24H17NO5S. The molecule has 0 radical (unpaired) electrons. The number of sulfonamides is 1. The van der Waals surface area contributed by atoms with Gasteiger partial charge in [-0.2, -0.15) is 0 Å². The Morgan fingerprint density at radius 2 is 1.68 bits per heavy atom. The summed E-state index contributed by atoms with van der Waals surface area (Å²) in [5.74, 6) is 0.558. The predicted octanol–water partition coefficient (Wildman–Crippen LogP) is 4.51. The fourth-order valence-electron chi connectivity index (χ4n) is 3.71. The quantitative estimate of drug-likeness (QED) is 0.477. The van der Waals surface area contributed by atoms with Crippen LogP contribution in [-0.4, -0.2) is 15.5 Å². The number of nitrogens with zero attached hydrogens (tertiary/aromatic N) is 1. The highest BCUT2D eigenvalue weighted by molar-refractivity contribution is 7.93. The van der Waals surface area contributed by atoms with E-state index < -0.39 is 10.0 Å². The van der Waals surface area contributed by atoms with E-state index >= 15 is 0 Å². The van der Waals surface area contributed by atoms with E-state index in [2.05, 4.69) is 0 Å². The highest BCUT2D eigenvalue weighted by Crippen LogP contribution is 2.39. The van der Waals surface area contributed by atoms with Crippen molar-refractivity contribution < 1.29 is 17.6 Å². The lowest BCUT2D eigenvalue weighted by molar-refractivity contribution is 0.414. The number of para-hydroxylation sites is 1. The average Bonchev–Trinajstić information content (AvgIpc) is 2.79. The second-order valence-corrected chi connectivity index (χ2v) is 8.77. The monoisotopic (exact) mass is 431 g/mol. The summed E-state index contributed by atoms with van der Waals surface area (Å²) in [5, 5.41) is 0.337. The summed E-state index contributed by atoms with van der Waals surface area (Å²) >= 11 is 0. The van der Waals surface area contributed by atoms with Crippen molar-refractivity contribution in [3.63, 3.8) is 0 Å². The van der Waals surface area contributed by atoms with E-state index in [1.807, 2.05) is 0 Å². The van der Waals surface area contributed by atoms with Gasteiger partial charge < -0.3 is 9.15 Å². The van der Waals surface area contributed by atoms with Gasteiger partial charge in [0.2, 0.25) is 5.43 Å².